The van der Waals surface area contributed by atoms with E-state index in [-0.39, 0.29) is 6.10 Å². The zero-order valence-electron chi connectivity index (χ0n) is 10.9. The minimum atomic E-state index is -3.46. The third kappa shape index (κ3) is 2.30. The molecular formula is C11H19N3O3S. The highest BCUT2D eigenvalue weighted by Crippen LogP contribution is 2.25. The van der Waals surface area contributed by atoms with Gasteiger partial charge in [0.15, 0.2) is 0 Å². The van der Waals surface area contributed by atoms with Gasteiger partial charge < -0.3 is 4.74 Å². The quantitative estimate of drug-likeness (QED) is 0.885. The van der Waals surface area contributed by atoms with Crippen LogP contribution in [0.25, 0.3) is 0 Å². The molecule has 0 saturated carbocycles. The molecule has 0 amide bonds. The second-order valence-electron chi connectivity index (χ2n) is 4.63. The number of methoxy groups -OCH3 is 1. The first-order valence-electron chi connectivity index (χ1n) is 6.01. The normalized spacial score (nSPS) is 22.3. The Balaban J connectivity index is 2.31. The van der Waals surface area contributed by atoms with Crippen LogP contribution >= 0.6 is 0 Å². The van der Waals surface area contributed by atoms with Crippen LogP contribution in [0.4, 0.5) is 0 Å². The number of rotatable bonds is 3. The minimum absolute atomic E-state index is 0.0129. The number of H-pyrrole nitrogens is 1. The number of hydrogen-bond donors (Lipinski definition) is 1. The minimum Gasteiger partial charge on any atom is -0.380 e. The number of aromatic amines is 1. The van der Waals surface area contributed by atoms with Crippen LogP contribution in [0.15, 0.2) is 4.90 Å². The van der Waals surface area contributed by atoms with Gasteiger partial charge in [-0.15, -0.1) is 0 Å². The van der Waals surface area contributed by atoms with E-state index in [1.165, 1.54) is 4.31 Å². The number of sulfonamides is 1. The van der Waals surface area contributed by atoms with Crippen LogP contribution in [0.1, 0.15) is 24.2 Å². The highest BCUT2D eigenvalue weighted by atomic mass is 32.2. The largest absolute Gasteiger partial charge is 0.380 e. The summed E-state index contributed by atoms with van der Waals surface area (Å²) in [4.78, 5) is 0.305. The van der Waals surface area contributed by atoms with E-state index in [2.05, 4.69) is 10.2 Å². The van der Waals surface area contributed by atoms with Crippen molar-refractivity contribution in [1.29, 1.82) is 0 Å². The lowest BCUT2D eigenvalue weighted by atomic mass is 10.1. The highest BCUT2D eigenvalue weighted by molar-refractivity contribution is 7.89. The van der Waals surface area contributed by atoms with E-state index in [9.17, 15) is 8.42 Å². The summed E-state index contributed by atoms with van der Waals surface area (Å²) in [6, 6.07) is 0. The smallest absolute Gasteiger partial charge is 0.246 e. The number of nitrogens with zero attached hydrogens (tertiary/aromatic N) is 2. The molecule has 1 N–H and O–H groups in total. The topological polar surface area (TPSA) is 75.3 Å². The fourth-order valence-electron chi connectivity index (χ4n) is 2.37. The van der Waals surface area contributed by atoms with E-state index >= 15 is 0 Å². The molecule has 1 atom stereocenters. The second-order valence-corrected chi connectivity index (χ2v) is 6.50. The van der Waals surface area contributed by atoms with Crippen molar-refractivity contribution in [3.05, 3.63) is 11.4 Å². The number of nitrogens with one attached hydrogen (secondary N) is 1. The first-order chi connectivity index (χ1) is 8.46. The van der Waals surface area contributed by atoms with E-state index in [4.69, 9.17) is 4.74 Å². The summed E-state index contributed by atoms with van der Waals surface area (Å²) < 4.78 is 31.9. The molecule has 0 aromatic carbocycles. The van der Waals surface area contributed by atoms with Gasteiger partial charge in [-0.2, -0.15) is 9.40 Å². The molecule has 0 spiro atoms. The molecule has 0 aliphatic carbocycles. The van der Waals surface area contributed by atoms with Crippen LogP contribution in [0, 0.1) is 13.8 Å². The molecule has 0 bridgehead atoms. The van der Waals surface area contributed by atoms with Crippen LogP contribution in [0.5, 0.6) is 0 Å². The van der Waals surface area contributed by atoms with Gasteiger partial charge in [0.1, 0.15) is 4.90 Å². The van der Waals surface area contributed by atoms with Gasteiger partial charge in [-0.3, -0.25) is 5.10 Å². The molecule has 0 radical (unpaired) electrons. The van der Waals surface area contributed by atoms with Crippen LogP contribution in [-0.4, -0.2) is 49.2 Å². The van der Waals surface area contributed by atoms with Crippen molar-refractivity contribution >= 4 is 10.0 Å². The molecular weight excluding hydrogens is 254 g/mol. The number of hydrogen-bond acceptors (Lipinski definition) is 4. The first kappa shape index (κ1) is 13.5. The molecule has 1 aliphatic heterocycles. The van der Waals surface area contributed by atoms with Gasteiger partial charge in [-0.1, -0.05) is 0 Å². The van der Waals surface area contributed by atoms with Crippen molar-refractivity contribution in [1.82, 2.24) is 14.5 Å². The Morgan fingerprint density at radius 3 is 2.72 bits per heavy atom. The lowest BCUT2D eigenvalue weighted by Gasteiger charge is -2.31. The molecule has 1 aromatic heterocycles. The molecule has 1 fully saturated rings. The van der Waals surface area contributed by atoms with Crippen LogP contribution in [-0.2, 0) is 14.8 Å². The van der Waals surface area contributed by atoms with Crippen LogP contribution in [0.2, 0.25) is 0 Å². The zero-order chi connectivity index (χ0) is 13.3. The van der Waals surface area contributed by atoms with Crippen LogP contribution < -0.4 is 0 Å². The maximum Gasteiger partial charge on any atom is 0.246 e. The highest BCUT2D eigenvalue weighted by Gasteiger charge is 2.33. The molecule has 1 unspecified atom stereocenters. The van der Waals surface area contributed by atoms with E-state index < -0.39 is 10.0 Å². The third-order valence-electron chi connectivity index (χ3n) is 3.33. The molecule has 18 heavy (non-hydrogen) atoms. The Labute approximate surface area is 107 Å². The third-order valence-corrected chi connectivity index (χ3v) is 5.46. The second kappa shape index (κ2) is 4.99. The first-order valence-corrected chi connectivity index (χ1v) is 7.45. The van der Waals surface area contributed by atoms with Gasteiger partial charge in [-0.25, -0.2) is 8.42 Å². The predicted octanol–water partition coefficient (Wildman–Crippen LogP) is 0.826. The van der Waals surface area contributed by atoms with Crippen molar-refractivity contribution in [2.45, 2.75) is 37.7 Å². The molecule has 7 heteroatoms. The maximum atomic E-state index is 12.6. The van der Waals surface area contributed by atoms with Crippen molar-refractivity contribution in [2.75, 3.05) is 20.2 Å². The van der Waals surface area contributed by atoms with Gasteiger partial charge in [0.2, 0.25) is 10.0 Å². The molecule has 2 rings (SSSR count). The number of ether oxygens (including phenoxy) is 1. The Hall–Kier alpha value is -0.920. The van der Waals surface area contributed by atoms with Gasteiger partial charge in [0.05, 0.1) is 17.5 Å². The van der Waals surface area contributed by atoms with Crippen molar-refractivity contribution in [3.8, 4) is 0 Å². The number of aromatic nitrogens is 2. The summed E-state index contributed by atoms with van der Waals surface area (Å²) in [5.41, 5.74) is 1.11. The van der Waals surface area contributed by atoms with Crippen molar-refractivity contribution in [2.24, 2.45) is 0 Å². The SMILES string of the molecule is COC1CCCN(S(=O)(=O)c2c(C)n[nH]c2C)C1. The van der Waals surface area contributed by atoms with Gasteiger partial charge in [0.25, 0.3) is 0 Å². The Kier molecular flexibility index (Phi) is 3.74. The molecule has 2 heterocycles. The summed E-state index contributed by atoms with van der Waals surface area (Å²) in [5.74, 6) is 0. The van der Waals surface area contributed by atoms with Crippen LogP contribution in [0.3, 0.4) is 0 Å². The molecule has 1 saturated heterocycles. The standard InChI is InChI=1S/C11H19N3O3S/c1-8-11(9(2)13-12-8)18(15,16)14-6-4-5-10(7-14)17-3/h10H,4-7H2,1-3H3,(H,12,13). The van der Waals surface area contributed by atoms with E-state index in [1.807, 2.05) is 0 Å². The average molecular weight is 273 g/mol. The average Bonchev–Trinajstić information content (AvgIpc) is 2.69. The summed E-state index contributed by atoms with van der Waals surface area (Å²) in [6.45, 7) is 4.40. The maximum absolute atomic E-state index is 12.6. The Bertz CT molecular complexity index is 504. The zero-order valence-corrected chi connectivity index (χ0v) is 11.7. The molecule has 6 nitrogen and oxygen atoms in total. The van der Waals surface area contributed by atoms with E-state index in [0.29, 0.717) is 29.4 Å². The van der Waals surface area contributed by atoms with Crippen molar-refractivity contribution < 1.29 is 13.2 Å². The monoisotopic (exact) mass is 273 g/mol. The lowest BCUT2D eigenvalue weighted by molar-refractivity contribution is 0.0571. The fraction of sp³-hybridized carbons (Fsp3) is 0.727. The fourth-order valence-corrected chi connectivity index (χ4v) is 4.21. The van der Waals surface area contributed by atoms with E-state index in [1.54, 1.807) is 21.0 Å². The summed E-state index contributed by atoms with van der Waals surface area (Å²) >= 11 is 0. The summed E-state index contributed by atoms with van der Waals surface area (Å²) in [7, 11) is -1.84. The van der Waals surface area contributed by atoms with Gasteiger partial charge in [0, 0.05) is 20.2 Å². The molecule has 102 valence electrons. The van der Waals surface area contributed by atoms with E-state index in [0.717, 1.165) is 12.8 Å². The summed E-state index contributed by atoms with van der Waals surface area (Å²) in [5, 5.41) is 6.67. The number of aryl methyl sites for hydroxylation is 2. The Morgan fingerprint density at radius 1 is 1.44 bits per heavy atom. The van der Waals surface area contributed by atoms with Crippen molar-refractivity contribution in [3.63, 3.8) is 0 Å². The summed E-state index contributed by atoms with van der Waals surface area (Å²) in [6.07, 6.45) is 1.72. The van der Waals surface area contributed by atoms with Gasteiger partial charge >= 0.3 is 0 Å². The number of piperidine rings is 1. The van der Waals surface area contributed by atoms with Gasteiger partial charge in [-0.05, 0) is 26.7 Å². The molecule has 1 aromatic rings. The Morgan fingerprint density at radius 2 is 2.17 bits per heavy atom. The molecule has 1 aliphatic rings. The predicted molar refractivity (Wildman–Crippen MR) is 66.9 cm³/mol. The lowest BCUT2D eigenvalue weighted by Crippen LogP contribution is -2.43.